The van der Waals surface area contributed by atoms with Crippen molar-refractivity contribution >= 4 is 11.8 Å². The van der Waals surface area contributed by atoms with Crippen LogP contribution in [0.15, 0.2) is 17.2 Å². The number of nitrogens with zero attached hydrogens (tertiary/aromatic N) is 3. The van der Waals surface area contributed by atoms with Gasteiger partial charge in [-0.2, -0.15) is 0 Å². The molecule has 0 aliphatic rings. The topological polar surface area (TPSA) is 75.4 Å². The third-order valence-corrected chi connectivity index (χ3v) is 2.31. The van der Waals surface area contributed by atoms with E-state index in [2.05, 4.69) is 10.9 Å². The average Bonchev–Trinajstić information content (AvgIpc) is 2.27. The van der Waals surface area contributed by atoms with Gasteiger partial charge in [-0.15, -0.1) is 6.42 Å². The molecule has 0 spiro atoms. The fraction of sp³-hybridized carbons (Fsp3) is 0.417. The third-order valence-electron chi connectivity index (χ3n) is 2.31. The van der Waals surface area contributed by atoms with Gasteiger partial charge < -0.3 is 14.6 Å². The molecule has 0 saturated carbocycles. The zero-order chi connectivity index (χ0) is 13.7. The molecule has 0 atom stereocenters. The minimum absolute atomic E-state index is 0.0245. The molecule has 1 aromatic rings. The van der Waals surface area contributed by atoms with Gasteiger partial charge in [0.2, 0.25) is 0 Å². The Morgan fingerprint density at radius 3 is 2.83 bits per heavy atom. The van der Waals surface area contributed by atoms with Crippen molar-refractivity contribution in [2.75, 3.05) is 18.0 Å². The van der Waals surface area contributed by atoms with Gasteiger partial charge in [-0.05, 0) is 13.8 Å². The Morgan fingerprint density at radius 1 is 1.67 bits per heavy atom. The Labute approximate surface area is 105 Å². The highest BCUT2D eigenvalue weighted by molar-refractivity contribution is 5.73. The summed E-state index contributed by atoms with van der Waals surface area (Å²) in [6, 6.07) is -0.0308. The van der Waals surface area contributed by atoms with E-state index < -0.39 is 5.97 Å². The SMILES string of the molecule is C#CCN(CC(=O)O)c1nccn(C(C)C)c1=O. The van der Waals surface area contributed by atoms with Gasteiger partial charge in [0, 0.05) is 18.4 Å². The highest BCUT2D eigenvalue weighted by Gasteiger charge is 2.16. The lowest BCUT2D eigenvalue weighted by molar-refractivity contribution is -0.135. The second kappa shape index (κ2) is 5.87. The molecule has 0 amide bonds. The quantitative estimate of drug-likeness (QED) is 0.762. The van der Waals surface area contributed by atoms with Gasteiger partial charge in [-0.3, -0.25) is 9.59 Å². The van der Waals surface area contributed by atoms with E-state index in [0.717, 1.165) is 0 Å². The van der Waals surface area contributed by atoms with Crippen LogP contribution < -0.4 is 10.5 Å². The van der Waals surface area contributed by atoms with Crippen molar-refractivity contribution in [1.29, 1.82) is 0 Å². The molecule has 0 saturated heterocycles. The first-order valence-corrected chi connectivity index (χ1v) is 5.44. The lowest BCUT2D eigenvalue weighted by atomic mass is 10.3. The first-order chi connectivity index (χ1) is 8.47. The molecule has 96 valence electrons. The third kappa shape index (κ3) is 3.10. The lowest BCUT2D eigenvalue weighted by Gasteiger charge is -2.19. The molecule has 0 fully saturated rings. The van der Waals surface area contributed by atoms with Crippen LogP contribution in [-0.2, 0) is 4.79 Å². The molecular formula is C12H15N3O3. The summed E-state index contributed by atoms with van der Waals surface area (Å²) in [5.41, 5.74) is -0.344. The molecule has 1 rings (SSSR count). The second-order valence-electron chi connectivity index (χ2n) is 4.01. The van der Waals surface area contributed by atoms with Gasteiger partial charge in [0.05, 0.1) is 6.54 Å². The monoisotopic (exact) mass is 249 g/mol. The number of carboxylic acids is 1. The predicted molar refractivity (Wildman–Crippen MR) is 67.6 cm³/mol. The summed E-state index contributed by atoms with van der Waals surface area (Å²) in [6.45, 7) is 3.38. The van der Waals surface area contributed by atoms with Crippen molar-refractivity contribution in [2.24, 2.45) is 0 Å². The number of aromatic nitrogens is 2. The van der Waals surface area contributed by atoms with E-state index >= 15 is 0 Å². The van der Waals surface area contributed by atoms with Crippen molar-refractivity contribution in [3.63, 3.8) is 0 Å². The number of hydrogen-bond acceptors (Lipinski definition) is 4. The average molecular weight is 249 g/mol. The summed E-state index contributed by atoms with van der Waals surface area (Å²) in [7, 11) is 0. The summed E-state index contributed by atoms with van der Waals surface area (Å²) >= 11 is 0. The molecule has 0 aliphatic heterocycles. The molecule has 6 nitrogen and oxygen atoms in total. The van der Waals surface area contributed by atoms with Crippen LogP contribution in [0, 0.1) is 12.3 Å². The van der Waals surface area contributed by atoms with Gasteiger partial charge in [-0.1, -0.05) is 5.92 Å². The molecule has 6 heteroatoms. The maximum atomic E-state index is 12.1. The standard InChI is InChI=1S/C12H15N3O3/c1-4-6-14(8-10(16)17)11-12(18)15(9(2)3)7-5-13-11/h1,5,7,9H,6,8H2,2-3H3,(H,16,17). The number of anilines is 1. The largest absolute Gasteiger partial charge is 0.480 e. The fourth-order valence-electron chi connectivity index (χ4n) is 1.52. The van der Waals surface area contributed by atoms with Crippen LogP contribution in [0.2, 0.25) is 0 Å². The second-order valence-corrected chi connectivity index (χ2v) is 4.01. The van der Waals surface area contributed by atoms with E-state index in [1.165, 1.54) is 15.7 Å². The minimum Gasteiger partial charge on any atom is -0.480 e. The molecule has 0 radical (unpaired) electrons. The number of carboxylic acid groups (broad SMARTS) is 1. The highest BCUT2D eigenvalue weighted by Crippen LogP contribution is 2.06. The van der Waals surface area contributed by atoms with Crippen LogP contribution in [-0.4, -0.2) is 33.7 Å². The van der Waals surface area contributed by atoms with Gasteiger partial charge in [0.25, 0.3) is 5.56 Å². The van der Waals surface area contributed by atoms with E-state index in [0.29, 0.717) is 0 Å². The van der Waals surface area contributed by atoms with E-state index in [1.807, 2.05) is 13.8 Å². The smallest absolute Gasteiger partial charge is 0.323 e. The number of aliphatic carboxylic acids is 1. The number of hydrogen-bond donors (Lipinski definition) is 1. The molecule has 0 aromatic carbocycles. The number of carbonyl (C=O) groups is 1. The summed E-state index contributed by atoms with van der Waals surface area (Å²) < 4.78 is 1.48. The normalized spacial score (nSPS) is 10.1. The van der Waals surface area contributed by atoms with E-state index in [1.54, 1.807) is 6.20 Å². The Bertz CT molecular complexity index is 528. The van der Waals surface area contributed by atoms with Crippen LogP contribution in [0.25, 0.3) is 0 Å². The Hall–Kier alpha value is -2.29. The Kier molecular flexibility index (Phi) is 4.49. The first-order valence-electron chi connectivity index (χ1n) is 5.44. The zero-order valence-electron chi connectivity index (χ0n) is 10.3. The van der Waals surface area contributed by atoms with Gasteiger partial charge >= 0.3 is 5.97 Å². The molecule has 1 heterocycles. The van der Waals surface area contributed by atoms with E-state index in [9.17, 15) is 9.59 Å². The molecule has 0 unspecified atom stereocenters. The molecule has 1 N–H and O–H groups in total. The van der Waals surface area contributed by atoms with Crippen molar-refractivity contribution in [3.05, 3.63) is 22.7 Å². The molecule has 0 aliphatic carbocycles. The summed E-state index contributed by atoms with van der Waals surface area (Å²) in [5, 5.41) is 8.79. The highest BCUT2D eigenvalue weighted by atomic mass is 16.4. The molecule has 0 bridgehead atoms. The summed E-state index contributed by atoms with van der Waals surface area (Å²) in [4.78, 5) is 28.0. The van der Waals surface area contributed by atoms with E-state index in [4.69, 9.17) is 11.5 Å². The minimum atomic E-state index is -1.06. The van der Waals surface area contributed by atoms with Crippen molar-refractivity contribution < 1.29 is 9.90 Å². The van der Waals surface area contributed by atoms with Gasteiger partial charge in [-0.25, -0.2) is 4.98 Å². The van der Waals surface area contributed by atoms with Crippen LogP contribution in [0.5, 0.6) is 0 Å². The summed E-state index contributed by atoms with van der Waals surface area (Å²) in [5.74, 6) is 1.32. The van der Waals surface area contributed by atoms with Crippen LogP contribution in [0.3, 0.4) is 0 Å². The Morgan fingerprint density at radius 2 is 2.33 bits per heavy atom. The number of rotatable bonds is 5. The summed E-state index contributed by atoms with van der Waals surface area (Å²) in [6.07, 6.45) is 8.19. The number of terminal acetylenes is 1. The van der Waals surface area contributed by atoms with E-state index in [-0.39, 0.29) is 30.5 Å². The Balaban J connectivity index is 3.21. The predicted octanol–water partition coefficient (Wildman–Crippen LogP) is 0.348. The zero-order valence-corrected chi connectivity index (χ0v) is 10.3. The van der Waals surface area contributed by atoms with Crippen molar-refractivity contribution in [3.8, 4) is 12.3 Å². The van der Waals surface area contributed by atoms with Crippen LogP contribution >= 0.6 is 0 Å². The fourth-order valence-corrected chi connectivity index (χ4v) is 1.52. The van der Waals surface area contributed by atoms with Crippen LogP contribution in [0.1, 0.15) is 19.9 Å². The van der Waals surface area contributed by atoms with Gasteiger partial charge in [0.15, 0.2) is 5.82 Å². The van der Waals surface area contributed by atoms with Crippen molar-refractivity contribution in [1.82, 2.24) is 9.55 Å². The van der Waals surface area contributed by atoms with Crippen molar-refractivity contribution in [2.45, 2.75) is 19.9 Å². The molecular weight excluding hydrogens is 234 g/mol. The first kappa shape index (κ1) is 13.8. The lowest BCUT2D eigenvalue weighted by Crippen LogP contribution is -2.37. The molecule has 1 aromatic heterocycles. The van der Waals surface area contributed by atoms with Gasteiger partial charge in [0.1, 0.15) is 6.54 Å². The van der Waals surface area contributed by atoms with Crippen LogP contribution in [0.4, 0.5) is 5.82 Å². The maximum Gasteiger partial charge on any atom is 0.323 e. The molecule has 18 heavy (non-hydrogen) atoms. The maximum absolute atomic E-state index is 12.1.